The molecule has 1 saturated carbocycles. The molecule has 2 unspecified atom stereocenters. The van der Waals surface area contributed by atoms with Gasteiger partial charge in [0.25, 0.3) is 0 Å². The summed E-state index contributed by atoms with van der Waals surface area (Å²) in [6.45, 7) is 11.0. The van der Waals surface area contributed by atoms with Gasteiger partial charge in [0, 0.05) is 6.04 Å². The molecule has 0 aliphatic heterocycles. The lowest BCUT2D eigenvalue weighted by molar-refractivity contribution is 0.163. The number of hydrogen-bond acceptors (Lipinski definition) is 2. The van der Waals surface area contributed by atoms with Crippen molar-refractivity contribution < 1.29 is 8.42 Å². The van der Waals surface area contributed by atoms with Crippen LogP contribution in [0.25, 0.3) is 0 Å². The van der Waals surface area contributed by atoms with Crippen LogP contribution in [0, 0.1) is 17.3 Å². The third kappa shape index (κ3) is 5.32. The van der Waals surface area contributed by atoms with Gasteiger partial charge >= 0.3 is 0 Å². The highest BCUT2D eigenvalue weighted by molar-refractivity contribution is 7.89. The van der Waals surface area contributed by atoms with E-state index in [4.69, 9.17) is 0 Å². The Morgan fingerprint density at radius 3 is 2.30 bits per heavy atom. The minimum Gasteiger partial charge on any atom is -0.208 e. The van der Waals surface area contributed by atoms with E-state index in [0.29, 0.717) is 16.7 Å². The van der Waals surface area contributed by atoms with Gasteiger partial charge in [0.15, 0.2) is 0 Å². The summed E-state index contributed by atoms with van der Waals surface area (Å²) >= 11 is 0. The van der Waals surface area contributed by atoms with Crippen LogP contribution in [0.5, 0.6) is 0 Å². The molecule has 1 aromatic rings. The van der Waals surface area contributed by atoms with Crippen LogP contribution in [0.4, 0.5) is 0 Å². The molecule has 1 fully saturated rings. The van der Waals surface area contributed by atoms with E-state index in [1.165, 1.54) is 5.56 Å². The van der Waals surface area contributed by atoms with E-state index in [1.807, 2.05) is 12.1 Å². The van der Waals surface area contributed by atoms with Gasteiger partial charge in [0.1, 0.15) is 0 Å². The van der Waals surface area contributed by atoms with Gasteiger partial charge in [0.05, 0.1) is 4.90 Å². The van der Waals surface area contributed by atoms with Crippen molar-refractivity contribution in [1.29, 1.82) is 0 Å². The zero-order valence-corrected chi connectivity index (χ0v) is 15.9. The zero-order valence-electron chi connectivity index (χ0n) is 15.1. The molecule has 1 N–H and O–H groups in total. The quantitative estimate of drug-likeness (QED) is 0.867. The molecule has 0 saturated heterocycles. The van der Waals surface area contributed by atoms with Gasteiger partial charge in [-0.25, -0.2) is 13.1 Å². The molecule has 0 bridgehead atoms. The van der Waals surface area contributed by atoms with Gasteiger partial charge in [-0.1, -0.05) is 46.8 Å². The van der Waals surface area contributed by atoms with Crippen molar-refractivity contribution >= 4 is 10.0 Å². The second-order valence-electron chi connectivity index (χ2n) is 8.47. The second kappa shape index (κ2) is 6.94. The van der Waals surface area contributed by atoms with Crippen LogP contribution in [0.15, 0.2) is 29.2 Å². The smallest absolute Gasteiger partial charge is 0.208 e. The van der Waals surface area contributed by atoms with E-state index < -0.39 is 10.0 Å². The predicted molar refractivity (Wildman–Crippen MR) is 95.9 cm³/mol. The molecule has 0 aromatic heterocycles. The van der Waals surface area contributed by atoms with Gasteiger partial charge in [-0.15, -0.1) is 0 Å². The topological polar surface area (TPSA) is 46.2 Å². The van der Waals surface area contributed by atoms with Gasteiger partial charge in [-0.05, 0) is 60.6 Å². The summed E-state index contributed by atoms with van der Waals surface area (Å²) in [5.74, 6) is 1.13. The molecule has 0 spiro atoms. The summed E-state index contributed by atoms with van der Waals surface area (Å²) in [6.07, 6.45) is 3.97. The lowest BCUT2D eigenvalue weighted by Crippen LogP contribution is -2.42. The van der Waals surface area contributed by atoms with Gasteiger partial charge < -0.3 is 0 Å². The Bertz CT molecular complexity index is 617. The number of nitrogens with one attached hydrogen (secondary N) is 1. The second-order valence-corrected chi connectivity index (χ2v) is 10.2. The Morgan fingerprint density at radius 2 is 1.78 bits per heavy atom. The molecule has 2 atom stereocenters. The van der Waals surface area contributed by atoms with Gasteiger partial charge in [-0.2, -0.15) is 0 Å². The molecule has 130 valence electrons. The van der Waals surface area contributed by atoms with Crippen molar-refractivity contribution in [2.75, 3.05) is 0 Å². The summed E-state index contributed by atoms with van der Waals surface area (Å²) in [5.41, 5.74) is 1.39. The Balaban J connectivity index is 2.09. The van der Waals surface area contributed by atoms with Crippen molar-refractivity contribution in [3.8, 4) is 0 Å². The molecule has 1 aliphatic carbocycles. The van der Waals surface area contributed by atoms with Crippen LogP contribution in [0.1, 0.15) is 59.4 Å². The summed E-state index contributed by atoms with van der Waals surface area (Å²) in [7, 11) is -3.43. The number of hydrogen-bond donors (Lipinski definition) is 1. The van der Waals surface area contributed by atoms with Crippen LogP contribution in [0.2, 0.25) is 0 Å². The van der Waals surface area contributed by atoms with Crippen LogP contribution in [0.3, 0.4) is 0 Å². The fraction of sp³-hybridized carbons (Fsp3) is 0.684. The van der Waals surface area contributed by atoms with Crippen molar-refractivity contribution in [3.05, 3.63) is 29.8 Å². The molecule has 3 nitrogen and oxygen atoms in total. The zero-order chi connectivity index (χ0) is 17.3. The molecule has 0 radical (unpaired) electrons. The normalized spacial score (nSPS) is 24.8. The largest absolute Gasteiger partial charge is 0.240 e. The maximum atomic E-state index is 12.6. The third-order valence-corrected chi connectivity index (χ3v) is 6.12. The van der Waals surface area contributed by atoms with Crippen LogP contribution < -0.4 is 4.72 Å². The summed E-state index contributed by atoms with van der Waals surface area (Å²) in [6, 6.07) is 7.37. The molecule has 23 heavy (non-hydrogen) atoms. The standard InChI is InChI=1S/C19H31NO2S/c1-14(2)10-16-6-8-18(9-7-16)23(21,22)20-17-11-15(3)12-19(4,5)13-17/h6-9,14-15,17,20H,10-13H2,1-5H3. The highest BCUT2D eigenvalue weighted by Crippen LogP contribution is 2.38. The Kier molecular flexibility index (Phi) is 5.57. The molecule has 2 rings (SSSR count). The van der Waals surface area contributed by atoms with E-state index in [1.54, 1.807) is 12.1 Å². The molecular weight excluding hydrogens is 306 g/mol. The highest BCUT2D eigenvalue weighted by atomic mass is 32.2. The molecule has 0 heterocycles. The molecule has 4 heteroatoms. The Morgan fingerprint density at radius 1 is 1.17 bits per heavy atom. The van der Waals surface area contributed by atoms with E-state index in [9.17, 15) is 8.42 Å². The predicted octanol–water partition coefficient (Wildman–Crippen LogP) is 4.38. The maximum Gasteiger partial charge on any atom is 0.240 e. The first kappa shape index (κ1) is 18.5. The molecular formula is C19H31NO2S. The fourth-order valence-electron chi connectivity index (χ4n) is 4.00. The Hall–Kier alpha value is -0.870. The van der Waals surface area contributed by atoms with Crippen molar-refractivity contribution in [3.63, 3.8) is 0 Å². The molecule has 1 aromatic carbocycles. The first-order valence-electron chi connectivity index (χ1n) is 8.69. The van der Waals surface area contributed by atoms with E-state index >= 15 is 0 Å². The average molecular weight is 338 g/mol. The monoisotopic (exact) mass is 337 g/mol. The SMILES string of the molecule is CC(C)Cc1ccc(S(=O)(=O)NC2CC(C)CC(C)(C)C2)cc1. The summed E-state index contributed by atoms with van der Waals surface area (Å²) in [5, 5.41) is 0. The van der Waals surface area contributed by atoms with Gasteiger partial charge in [-0.3, -0.25) is 0 Å². The number of sulfonamides is 1. The lowest BCUT2D eigenvalue weighted by Gasteiger charge is -2.39. The summed E-state index contributed by atoms with van der Waals surface area (Å²) in [4.78, 5) is 0.376. The molecule has 0 amide bonds. The fourth-order valence-corrected chi connectivity index (χ4v) is 5.25. The van der Waals surface area contributed by atoms with E-state index in [0.717, 1.165) is 25.7 Å². The van der Waals surface area contributed by atoms with Crippen LogP contribution in [-0.4, -0.2) is 14.5 Å². The van der Waals surface area contributed by atoms with Crippen molar-refractivity contribution in [2.45, 2.75) is 71.2 Å². The lowest BCUT2D eigenvalue weighted by atomic mass is 9.71. The minimum atomic E-state index is -3.43. The summed E-state index contributed by atoms with van der Waals surface area (Å²) < 4.78 is 28.2. The van der Waals surface area contributed by atoms with Crippen LogP contribution in [-0.2, 0) is 16.4 Å². The minimum absolute atomic E-state index is 0.0362. The van der Waals surface area contributed by atoms with Crippen molar-refractivity contribution in [2.24, 2.45) is 17.3 Å². The first-order chi connectivity index (χ1) is 10.6. The van der Waals surface area contributed by atoms with Crippen LogP contribution >= 0.6 is 0 Å². The number of benzene rings is 1. The first-order valence-corrected chi connectivity index (χ1v) is 10.2. The highest BCUT2D eigenvalue weighted by Gasteiger charge is 2.34. The molecule has 1 aliphatic rings. The van der Waals surface area contributed by atoms with Gasteiger partial charge in [0.2, 0.25) is 10.0 Å². The average Bonchev–Trinajstić information content (AvgIpc) is 2.35. The van der Waals surface area contributed by atoms with Crippen molar-refractivity contribution in [1.82, 2.24) is 4.72 Å². The maximum absolute atomic E-state index is 12.6. The third-order valence-electron chi connectivity index (χ3n) is 4.59. The Labute approximate surface area is 141 Å². The van der Waals surface area contributed by atoms with E-state index in [2.05, 4.69) is 39.3 Å². The number of rotatable bonds is 5. The van der Waals surface area contributed by atoms with E-state index in [-0.39, 0.29) is 11.5 Å².